The molecule has 1 aromatic rings. The molecule has 0 aliphatic carbocycles. The Bertz CT molecular complexity index is 549. The van der Waals surface area contributed by atoms with Crippen LogP contribution in [0.25, 0.3) is 0 Å². The van der Waals surface area contributed by atoms with Gasteiger partial charge in [0.15, 0.2) is 0 Å². The van der Waals surface area contributed by atoms with E-state index in [1.54, 1.807) is 23.9 Å². The number of nitrogens with one attached hydrogen (secondary N) is 2. The highest BCUT2D eigenvalue weighted by Gasteiger charge is 2.15. The maximum Gasteiger partial charge on any atom is 0.251 e. The minimum Gasteiger partial charge on any atom is -0.381 e. The SMILES string of the molecule is CCCCOCCCNC(=O)c1ccc2c(c1)NC(=O)CCS2. The number of amides is 2. The average Bonchev–Trinajstić information content (AvgIpc) is 2.73. The zero-order valence-corrected chi connectivity index (χ0v) is 14.3. The summed E-state index contributed by atoms with van der Waals surface area (Å²) >= 11 is 1.63. The molecule has 1 aliphatic heterocycles. The number of rotatable bonds is 8. The van der Waals surface area contributed by atoms with Crippen molar-refractivity contribution in [3.63, 3.8) is 0 Å². The lowest BCUT2D eigenvalue weighted by molar-refractivity contribution is -0.115. The number of hydrogen-bond donors (Lipinski definition) is 2. The molecule has 0 spiro atoms. The molecule has 0 radical (unpaired) electrons. The summed E-state index contributed by atoms with van der Waals surface area (Å²) in [6.45, 7) is 4.16. The Kier molecular flexibility index (Phi) is 7.42. The lowest BCUT2D eigenvalue weighted by Gasteiger charge is -2.10. The number of fused-ring (bicyclic) bond motifs is 1. The van der Waals surface area contributed by atoms with Gasteiger partial charge in [0, 0.05) is 42.4 Å². The fourth-order valence-electron chi connectivity index (χ4n) is 2.19. The van der Waals surface area contributed by atoms with Gasteiger partial charge in [-0.05, 0) is 31.0 Å². The first-order chi connectivity index (χ1) is 11.2. The monoisotopic (exact) mass is 336 g/mol. The molecule has 0 saturated heterocycles. The highest BCUT2D eigenvalue weighted by molar-refractivity contribution is 7.99. The van der Waals surface area contributed by atoms with Crippen LogP contribution in [0.4, 0.5) is 5.69 Å². The van der Waals surface area contributed by atoms with Crippen LogP contribution in [0.5, 0.6) is 0 Å². The quantitative estimate of drug-likeness (QED) is 0.716. The number of thioether (sulfide) groups is 1. The van der Waals surface area contributed by atoms with E-state index in [9.17, 15) is 9.59 Å². The van der Waals surface area contributed by atoms with Crippen LogP contribution < -0.4 is 10.6 Å². The van der Waals surface area contributed by atoms with Crippen LogP contribution >= 0.6 is 11.8 Å². The second-order valence-electron chi connectivity index (χ2n) is 5.43. The Morgan fingerprint density at radius 1 is 1.35 bits per heavy atom. The first kappa shape index (κ1) is 17.8. The first-order valence-corrected chi connectivity index (χ1v) is 9.12. The Balaban J connectivity index is 1.80. The van der Waals surface area contributed by atoms with Crippen molar-refractivity contribution < 1.29 is 14.3 Å². The summed E-state index contributed by atoms with van der Waals surface area (Å²) in [6, 6.07) is 5.45. The van der Waals surface area contributed by atoms with Crippen LogP contribution in [0.2, 0.25) is 0 Å². The number of hydrogen-bond acceptors (Lipinski definition) is 4. The van der Waals surface area contributed by atoms with E-state index in [4.69, 9.17) is 4.74 Å². The minimum absolute atomic E-state index is 0.00182. The fraction of sp³-hybridized carbons (Fsp3) is 0.529. The van der Waals surface area contributed by atoms with Crippen LogP contribution in [-0.2, 0) is 9.53 Å². The molecule has 0 atom stereocenters. The van der Waals surface area contributed by atoms with E-state index in [0.29, 0.717) is 25.1 Å². The van der Waals surface area contributed by atoms with Gasteiger partial charge in [0.05, 0.1) is 5.69 Å². The fourth-order valence-corrected chi connectivity index (χ4v) is 3.12. The van der Waals surface area contributed by atoms with Gasteiger partial charge in [0.25, 0.3) is 5.91 Å². The number of ether oxygens (including phenoxy) is 1. The summed E-state index contributed by atoms with van der Waals surface area (Å²) in [6.07, 6.45) is 3.50. The predicted octanol–water partition coefficient (Wildman–Crippen LogP) is 3.06. The molecule has 1 aromatic carbocycles. The summed E-state index contributed by atoms with van der Waals surface area (Å²) in [5.74, 6) is 0.644. The van der Waals surface area contributed by atoms with E-state index < -0.39 is 0 Å². The summed E-state index contributed by atoms with van der Waals surface area (Å²) in [4.78, 5) is 24.8. The van der Waals surface area contributed by atoms with E-state index in [1.807, 2.05) is 6.07 Å². The molecule has 0 aromatic heterocycles. The molecule has 2 amide bonds. The van der Waals surface area contributed by atoms with Gasteiger partial charge in [-0.15, -0.1) is 11.8 Å². The third-order valence-electron chi connectivity index (χ3n) is 3.50. The van der Waals surface area contributed by atoms with Crippen molar-refractivity contribution in [2.24, 2.45) is 0 Å². The van der Waals surface area contributed by atoms with Crippen LogP contribution in [0.1, 0.15) is 43.0 Å². The summed E-state index contributed by atoms with van der Waals surface area (Å²) < 4.78 is 5.46. The van der Waals surface area contributed by atoms with Gasteiger partial charge in [-0.25, -0.2) is 0 Å². The largest absolute Gasteiger partial charge is 0.381 e. The summed E-state index contributed by atoms with van der Waals surface area (Å²) in [5.41, 5.74) is 1.30. The van der Waals surface area contributed by atoms with Crippen molar-refractivity contribution in [1.29, 1.82) is 0 Å². The molecular weight excluding hydrogens is 312 g/mol. The molecule has 0 saturated carbocycles. The molecular formula is C17H24N2O3S. The second kappa shape index (κ2) is 9.57. The Hall–Kier alpha value is -1.53. The summed E-state index contributed by atoms with van der Waals surface area (Å²) in [7, 11) is 0. The third kappa shape index (κ3) is 5.88. The second-order valence-corrected chi connectivity index (χ2v) is 6.57. The van der Waals surface area contributed by atoms with Gasteiger partial charge in [0.2, 0.25) is 5.91 Å². The molecule has 2 N–H and O–H groups in total. The lowest BCUT2D eigenvalue weighted by atomic mass is 10.2. The molecule has 0 fully saturated rings. The lowest BCUT2D eigenvalue weighted by Crippen LogP contribution is -2.25. The maximum absolute atomic E-state index is 12.2. The topological polar surface area (TPSA) is 67.4 Å². The number of carbonyl (C=O) groups excluding carboxylic acids is 2. The molecule has 0 bridgehead atoms. The highest BCUT2D eigenvalue weighted by atomic mass is 32.2. The van der Waals surface area contributed by atoms with Gasteiger partial charge in [-0.1, -0.05) is 13.3 Å². The van der Waals surface area contributed by atoms with Crippen molar-refractivity contribution in [3.8, 4) is 0 Å². The van der Waals surface area contributed by atoms with Crippen molar-refractivity contribution in [2.45, 2.75) is 37.5 Å². The zero-order chi connectivity index (χ0) is 16.5. The molecule has 23 heavy (non-hydrogen) atoms. The van der Waals surface area contributed by atoms with E-state index >= 15 is 0 Å². The van der Waals surface area contributed by atoms with Crippen LogP contribution in [0, 0.1) is 0 Å². The molecule has 1 heterocycles. The van der Waals surface area contributed by atoms with Crippen molar-refractivity contribution in [3.05, 3.63) is 23.8 Å². The normalized spacial score (nSPS) is 13.9. The van der Waals surface area contributed by atoms with Crippen molar-refractivity contribution >= 4 is 29.3 Å². The first-order valence-electron chi connectivity index (χ1n) is 8.13. The number of unbranched alkanes of at least 4 members (excludes halogenated alkanes) is 1. The average molecular weight is 336 g/mol. The molecule has 6 heteroatoms. The molecule has 5 nitrogen and oxygen atoms in total. The van der Waals surface area contributed by atoms with Crippen LogP contribution in [0.3, 0.4) is 0 Å². The van der Waals surface area contributed by atoms with Gasteiger partial charge >= 0.3 is 0 Å². The molecule has 1 aliphatic rings. The summed E-state index contributed by atoms with van der Waals surface area (Å²) in [5, 5.41) is 5.74. The Morgan fingerprint density at radius 3 is 3.00 bits per heavy atom. The van der Waals surface area contributed by atoms with Crippen LogP contribution in [-0.4, -0.2) is 37.3 Å². The Labute approximate surface area is 141 Å². The van der Waals surface area contributed by atoms with Crippen molar-refractivity contribution in [1.82, 2.24) is 5.32 Å². The zero-order valence-electron chi connectivity index (χ0n) is 13.5. The van der Waals surface area contributed by atoms with E-state index in [-0.39, 0.29) is 11.8 Å². The molecule has 126 valence electrons. The highest BCUT2D eigenvalue weighted by Crippen LogP contribution is 2.31. The smallest absolute Gasteiger partial charge is 0.251 e. The number of carbonyl (C=O) groups is 2. The van der Waals surface area contributed by atoms with Gasteiger partial charge in [0.1, 0.15) is 0 Å². The standard InChI is InChI=1S/C17H24N2O3S/c1-2-3-9-22-10-4-8-18-17(21)13-5-6-15-14(12-13)19-16(20)7-11-23-15/h5-6,12H,2-4,7-11H2,1H3,(H,18,21)(H,19,20). The molecule has 0 unspecified atom stereocenters. The van der Waals surface area contributed by atoms with Crippen LogP contribution in [0.15, 0.2) is 23.1 Å². The number of anilines is 1. The molecule has 2 rings (SSSR count). The maximum atomic E-state index is 12.2. The predicted molar refractivity (Wildman–Crippen MR) is 93.1 cm³/mol. The third-order valence-corrected chi connectivity index (χ3v) is 4.57. The number of benzene rings is 1. The van der Waals surface area contributed by atoms with Gasteiger partial charge in [-0.2, -0.15) is 0 Å². The Morgan fingerprint density at radius 2 is 2.17 bits per heavy atom. The minimum atomic E-state index is -0.121. The van der Waals surface area contributed by atoms with E-state index in [0.717, 1.165) is 42.2 Å². The van der Waals surface area contributed by atoms with Gasteiger partial charge in [-0.3, -0.25) is 9.59 Å². The van der Waals surface area contributed by atoms with E-state index in [2.05, 4.69) is 17.6 Å². The van der Waals surface area contributed by atoms with Crippen molar-refractivity contribution in [2.75, 3.05) is 30.8 Å². The van der Waals surface area contributed by atoms with E-state index in [1.165, 1.54) is 0 Å². The van der Waals surface area contributed by atoms with Gasteiger partial charge < -0.3 is 15.4 Å².